The predicted molar refractivity (Wildman–Crippen MR) is 123 cm³/mol. The van der Waals surface area contributed by atoms with Crippen molar-refractivity contribution in [3.63, 3.8) is 0 Å². The third-order valence-corrected chi connectivity index (χ3v) is 4.88. The molecule has 148 valence electrons. The molecule has 0 saturated carbocycles. The number of piperazine rings is 1. The van der Waals surface area contributed by atoms with E-state index in [-0.39, 0.29) is 24.0 Å². The minimum Gasteiger partial charge on any atom is -0.357 e. The van der Waals surface area contributed by atoms with Crippen LogP contribution in [0.5, 0.6) is 0 Å². The normalized spacial score (nSPS) is 16.2. The first kappa shape index (κ1) is 23.2. The van der Waals surface area contributed by atoms with Gasteiger partial charge < -0.3 is 15.5 Å². The van der Waals surface area contributed by atoms with Crippen LogP contribution in [-0.4, -0.2) is 68.1 Å². The number of hydrogen-bond acceptors (Lipinski definition) is 3. The molecule has 2 rings (SSSR count). The molecule has 1 aliphatic heterocycles. The summed E-state index contributed by atoms with van der Waals surface area (Å²) in [5, 5.41) is 6.83. The van der Waals surface area contributed by atoms with Gasteiger partial charge in [-0.3, -0.25) is 4.90 Å². The van der Waals surface area contributed by atoms with Gasteiger partial charge in [0.15, 0.2) is 5.96 Å². The van der Waals surface area contributed by atoms with Crippen LogP contribution in [0.2, 0.25) is 0 Å². The maximum atomic E-state index is 4.75. The van der Waals surface area contributed by atoms with Crippen molar-refractivity contribution in [3.05, 3.63) is 34.9 Å². The highest BCUT2D eigenvalue weighted by molar-refractivity contribution is 14.0. The molecule has 0 radical (unpaired) electrons. The van der Waals surface area contributed by atoms with Crippen molar-refractivity contribution >= 4 is 29.9 Å². The van der Waals surface area contributed by atoms with Gasteiger partial charge in [-0.05, 0) is 38.4 Å². The Morgan fingerprint density at radius 1 is 1.04 bits per heavy atom. The number of aryl methyl sites for hydroxylation is 2. The number of halogens is 1. The first-order valence-electron chi connectivity index (χ1n) is 9.65. The van der Waals surface area contributed by atoms with Gasteiger partial charge >= 0.3 is 0 Å². The van der Waals surface area contributed by atoms with Crippen molar-refractivity contribution in [3.8, 4) is 0 Å². The molecule has 1 heterocycles. The summed E-state index contributed by atoms with van der Waals surface area (Å²) in [6, 6.07) is 6.57. The molecule has 0 aliphatic carbocycles. The molecule has 2 N–H and O–H groups in total. The lowest BCUT2D eigenvalue weighted by Gasteiger charge is -2.34. The Balaban J connectivity index is 0.00000338. The average Bonchev–Trinajstić information content (AvgIpc) is 2.61. The van der Waals surface area contributed by atoms with Gasteiger partial charge in [-0.2, -0.15) is 0 Å². The van der Waals surface area contributed by atoms with Crippen molar-refractivity contribution < 1.29 is 0 Å². The highest BCUT2D eigenvalue weighted by Gasteiger charge is 2.14. The van der Waals surface area contributed by atoms with Crippen molar-refractivity contribution in [1.82, 2.24) is 20.4 Å². The molecule has 1 aromatic rings. The van der Waals surface area contributed by atoms with E-state index in [9.17, 15) is 0 Å². The van der Waals surface area contributed by atoms with E-state index in [1.807, 2.05) is 0 Å². The van der Waals surface area contributed by atoms with Gasteiger partial charge in [-0.25, -0.2) is 4.99 Å². The second-order valence-electron chi connectivity index (χ2n) is 6.83. The lowest BCUT2D eigenvalue weighted by molar-refractivity contribution is 0.139. The Morgan fingerprint density at radius 2 is 1.73 bits per heavy atom. The summed E-state index contributed by atoms with van der Waals surface area (Å²) < 4.78 is 0. The first-order valence-corrected chi connectivity index (χ1v) is 9.65. The van der Waals surface area contributed by atoms with E-state index in [0.717, 1.165) is 32.1 Å². The van der Waals surface area contributed by atoms with E-state index in [2.05, 4.69) is 66.3 Å². The molecule has 0 spiro atoms. The number of likely N-dealkylation sites (N-methyl/N-ethyl adjacent to an activating group) is 1. The van der Waals surface area contributed by atoms with Crippen LogP contribution in [0.4, 0.5) is 0 Å². The van der Waals surface area contributed by atoms with Gasteiger partial charge in [0.05, 0.1) is 6.54 Å². The van der Waals surface area contributed by atoms with Crippen molar-refractivity contribution in [2.45, 2.75) is 34.2 Å². The molecule has 0 amide bonds. The Bertz CT molecular complexity index is 553. The Kier molecular flexibility index (Phi) is 11.2. The number of nitrogens with one attached hydrogen (secondary N) is 2. The van der Waals surface area contributed by atoms with E-state index in [1.165, 1.54) is 49.4 Å². The summed E-state index contributed by atoms with van der Waals surface area (Å²) in [5.41, 5.74) is 3.91. The minimum atomic E-state index is 0. The maximum Gasteiger partial charge on any atom is 0.191 e. The van der Waals surface area contributed by atoms with Crippen LogP contribution in [0.3, 0.4) is 0 Å². The van der Waals surface area contributed by atoms with Gasteiger partial charge in [0.25, 0.3) is 0 Å². The standard InChI is InChI=1S/C20H35N5.HI/c1-5-21-20(23-16-19-8-7-17(3)15-18(19)4)22-9-10-25-13-11-24(6-2)12-14-25;/h7-8,15H,5-6,9-14,16H2,1-4H3,(H2,21,22,23);1H. The topological polar surface area (TPSA) is 42.9 Å². The smallest absolute Gasteiger partial charge is 0.191 e. The van der Waals surface area contributed by atoms with Crippen LogP contribution < -0.4 is 10.6 Å². The van der Waals surface area contributed by atoms with Crippen molar-refractivity contribution in [2.24, 2.45) is 4.99 Å². The molecule has 26 heavy (non-hydrogen) atoms. The SMILES string of the molecule is CCNC(=NCc1ccc(C)cc1C)NCCN1CCN(CC)CC1.I. The highest BCUT2D eigenvalue weighted by atomic mass is 127. The predicted octanol–water partition coefficient (Wildman–Crippen LogP) is 2.61. The third-order valence-electron chi connectivity index (χ3n) is 4.88. The zero-order valence-electron chi connectivity index (χ0n) is 16.8. The molecule has 0 atom stereocenters. The quantitative estimate of drug-likeness (QED) is 0.363. The number of hydrogen-bond donors (Lipinski definition) is 2. The van der Waals surface area contributed by atoms with Crippen LogP contribution in [0, 0.1) is 13.8 Å². The summed E-state index contributed by atoms with van der Waals surface area (Å²) >= 11 is 0. The summed E-state index contributed by atoms with van der Waals surface area (Å²) in [6.45, 7) is 18.2. The summed E-state index contributed by atoms with van der Waals surface area (Å²) in [5.74, 6) is 0.912. The Morgan fingerprint density at radius 3 is 2.35 bits per heavy atom. The summed E-state index contributed by atoms with van der Waals surface area (Å²) in [7, 11) is 0. The molecular formula is C20H36IN5. The van der Waals surface area contributed by atoms with E-state index in [1.54, 1.807) is 0 Å². The van der Waals surface area contributed by atoms with Crippen LogP contribution >= 0.6 is 24.0 Å². The number of benzene rings is 1. The number of guanidine groups is 1. The second kappa shape index (κ2) is 12.5. The number of aliphatic imine (C=N–C) groups is 1. The molecule has 0 unspecified atom stereocenters. The zero-order chi connectivity index (χ0) is 18.1. The lowest BCUT2D eigenvalue weighted by Crippen LogP contribution is -2.49. The molecule has 6 heteroatoms. The van der Waals surface area contributed by atoms with E-state index in [4.69, 9.17) is 4.99 Å². The number of nitrogens with zero attached hydrogens (tertiary/aromatic N) is 3. The molecule has 0 bridgehead atoms. The highest BCUT2D eigenvalue weighted by Crippen LogP contribution is 2.11. The molecule has 0 aromatic heterocycles. The molecule has 1 fully saturated rings. The van der Waals surface area contributed by atoms with Crippen LogP contribution in [0.25, 0.3) is 0 Å². The average molecular weight is 473 g/mol. The zero-order valence-corrected chi connectivity index (χ0v) is 19.2. The molecule has 1 saturated heterocycles. The van der Waals surface area contributed by atoms with E-state index < -0.39 is 0 Å². The van der Waals surface area contributed by atoms with Crippen LogP contribution in [0.1, 0.15) is 30.5 Å². The van der Waals surface area contributed by atoms with Gasteiger partial charge in [-0.1, -0.05) is 30.7 Å². The van der Waals surface area contributed by atoms with E-state index >= 15 is 0 Å². The fraction of sp³-hybridized carbons (Fsp3) is 0.650. The third kappa shape index (κ3) is 7.80. The van der Waals surface area contributed by atoms with Crippen LogP contribution in [-0.2, 0) is 6.54 Å². The molecular weight excluding hydrogens is 437 g/mol. The molecule has 1 aromatic carbocycles. The Hall–Kier alpha value is -0.860. The fourth-order valence-corrected chi connectivity index (χ4v) is 3.19. The first-order chi connectivity index (χ1) is 12.1. The van der Waals surface area contributed by atoms with Gasteiger partial charge in [-0.15, -0.1) is 24.0 Å². The van der Waals surface area contributed by atoms with Crippen molar-refractivity contribution in [1.29, 1.82) is 0 Å². The van der Waals surface area contributed by atoms with Crippen LogP contribution in [0.15, 0.2) is 23.2 Å². The van der Waals surface area contributed by atoms with Gasteiger partial charge in [0, 0.05) is 45.8 Å². The fourth-order valence-electron chi connectivity index (χ4n) is 3.19. The molecule has 5 nitrogen and oxygen atoms in total. The minimum absolute atomic E-state index is 0. The largest absolute Gasteiger partial charge is 0.357 e. The van der Waals surface area contributed by atoms with Crippen molar-refractivity contribution in [2.75, 3.05) is 52.4 Å². The lowest BCUT2D eigenvalue weighted by atomic mass is 10.1. The summed E-state index contributed by atoms with van der Waals surface area (Å²) in [4.78, 5) is 9.80. The van der Waals surface area contributed by atoms with Gasteiger partial charge in [0.2, 0.25) is 0 Å². The van der Waals surface area contributed by atoms with E-state index in [0.29, 0.717) is 0 Å². The Labute approximate surface area is 176 Å². The maximum absolute atomic E-state index is 4.75. The van der Waals surface area contributed by atoms with Gasteiger partial charge in [0.1, 0.15) is 0 Å². The monoisotopic (exact) mass is 473 g/mol. The molecule has 1 aliphatic rings. The summed E-state index contributed by atoms with van der Waals surface area (Å²) in [6.07, 6.45) is 0. The second-order valence-corrected chi connectivity index (χ2v) is 6.83. The number of rotatable bonds is 7.